The van der Waals surface area contributed by atoms with E-state index in [1.165, 1.54) is 19.3 Å². The van der Waals surface area contributed by atoms with Crippen LogP contribution in [0.4, 0.5) is 0 Å². The Morgan fingerprint density at radius 1 is 1.21 bits per heavy atom. The minimum atomic E-state index is -0.890. The van der Waals surface area contributed by atoms with Gasteiger partial charge in [-0.05, 0) is 43.3 Å². The quantitative estimate of drug-likeness (QED) is 0.635. The third-order valence-electron chi connectivity index (χ3n) is 2.50. The molecule has 19 heavy (non-hydrogen) atoms. The number of furan rings is 1. The smallest absolute Gasteiger partial charge is 0.374 e. The van der Waals surface area contributed by atoms with Gasteiger partial charge < -0.3 is 9.15 Å². The molecular formula is C14H11ClO4. The molecule has 1 heterocycles. The molecule has 0 N–H and O–H groups in total. The molecule has 0 saturated carbocycles. The van der Waals surface area contributed by atoms with Gasteiger partial charge in [-0.2, -0.15) is 0 Å². The third-order valence-corrected chi connectivity index (χ3v) is 2.76. The van der Waals surface area contributed by atoms with Crippen LogP contribution >= 0.6 is 11.6 Å². The van der Waals surface area contributed by atoms with Gasteiger partial charge in [-0.1, -0.05) is 11.6 Å². The van der Waals surface area contributed by atoms with Crippen molar-refractivity contribution in [1.82, 2.24) is 0 Å². The lowest BCUT2D eigenvalue weighted by Crippen LogP contribution is -2.24. The summed E-state index contributed by atoms with van der Waals surface area (Å²) >= 11 is 5.74. The van der Waals surface area contributed by atoms with E-state index in [1.54, 1.807) is 30.3 Å². The second-order valence-electron chi connectivity index (χ2n) is 3.90. The van der Waals surface area contributed by atoms with Crippen LogP contribution in [0.1, 0.15) is 27.8 Å². The zero-order valence-corrected chi connectivity index (χ0v) is 10.9. The maximum atomic E-state index is 12.0. The number of benzene rings is 1. The summed E-state index contributed by atoms with van der Waals surface area (Å²) in [5.41, 5.74) is 0.434. The van der Waals surface area contributed by atoms with Gasteiger partial charge in [0.2, 0.25) is 11.5 Å². The number of hydrogen-bond acceptors (Lipinski definition) is 4. The van der Waals surface area contributed by atoms with Crippen LogP contribution in [0.15, 0.2) is 47.1 Å². The minimum Gasteiger partial charge on any atom is -0.457 e. The minimum absolute atomic E-state index is 0.0655. The average molecular weight is 279 g/mol. The van der Waals surface area contributed by atoms with Crippen LogP contribution in [0.25, 0.3) is 0 Å². The van der Waals surface area contributed by atoms with E-state index in [9.17, 15) is 9.59 Å². The van der Waals surface area contributed by atoms with E-state index in [4.69, 9.17) is 20.8 Å². The highest BCUT2D eigenvalue weighted by atomic mass is 35.5. The maximum absolute atomic E-state index is 12.0. The summed E-state index contributed by atoms with van der Waals surface area (Å²) in [6.45, 7) is 1.51. The molecule has 0 aliphatic rings. The summed E-state index contributed by atoms with van der Waals surface area (Å²) in [5.74, 6) is -0.896. The van der Waals surface area contributed by atoms with Crippen LogP contribution < -0.4 is 0 Å². The number of carbonyl (C=O) groups is 2. The first kappa shape index (κ1) is 13.4. The average Bonchev–Trinajstić information content (AvgIpc) is 2.92. The van der Waals surface area contributed by atoms with Crippen molar-refractivity contribution in [2.75, 3.05) is 0 Å². The number of carbonyl (C=O) groups excluding carboxylic acids is 2. The molecule has 0 amide bonds. The van der Waals surface area contributed by atoms with Gasteiger partial charge in [0.1, 0.15) is 0 Å². The Kier molecular flexibility index (Phi) is 4.02. The summed E-state index contributed by atoms with van der Waals surface area (Å²) in [6.07, 6.45) is 0.473. The molecule has 0 fully saturated rings. The van der Waals surface area contributed by atoms with Gasteiger partial charge in [-0.3, -0.25) is 4.79 Å². The molecule has 1 aromatic carbocycles. The number of rotatable bonds is 4. The molecule has 0 spiro atoms. The fraction of sp³-hybridized carbons (Fsp3) is 0.143. The second-order valence-corrected chi connectivity index (χ2v) is 4.33. The van der Waals surface area contributed by atoms with Crippen LogP contribution in [0.5, 0.6) is 0 Å². The van der Waals surface area contributed by atoms with Crippen molar-refractivity contribution in [3.8, 4) is 0 Å². The highest BCUT2D eigenvalue weighted by Crippen LogP contribution is 2.13. The first-order valence-electron chi connectivity index (χ1n) is 5.62. The van der Waals surface area contributed by atoms with Gasteiger partial charge in [-0.15, -0.1) is 0 Å². The topological polar surface area (TPSA) is 56.5 Å². The number of esters is 1. The van der Waals surface area contributed by atoms with Crippen molar-refractivity contribution in [3.05, 3.63) is 59.0 Å². The molecule has 5 heteroatoms. The van der Waals surface area contributed by atoms with Crippen LogP contribution in [0.2, 0.25) is 5.02 Å². The van der Waals surface area contributed by atoms with Crippen molar-refractivity contribution >= 4 is 23.4 Å². The van der Waals surface area contributed by atoms with Crippen molar-refractivity contribution in [2.45, 2.75) is 13.0 Å². The van der Waals surface area contributed by atoms with E-state index in [0.29, 0.717) is 10.6 Å². The number of halogens is 1. The van der Waals surface area contributed by atoms with Gasteiger partial charge in [0.15, 0.2) is 6.10 Å². The molecule has 0 saturated heterocycles. The normalized spacial score (nSPS) is 11.9. The molecule has 1 aromatic heterocycles. The highest BCUT2D eigenvalue weighted by molar-refractivity contribution is 6.30. The molecule has 1 unspecified atom stereocenters. The third kappa shape index (κ3) is 3.23. The second kappa shape index (κ2) is 5.71. The Morgan fingerprint density at radius 3 is 2.47 bits per heavy atom. The monoisotopic (exact) mass is 278 g/mol. The summed E-state index contributed by atoms with van der Waals surface area (Å²) in [7, 11) is 0. The first-order chi connectivity index (χ1) is 9.08. The van der Waals surface area contributed by atoms with Crippen molar-refractivity contribution in [2.24, 2.45) is 0 Å². The predicted octanol–water partition coefficient (Wildman–Crippen LogP) is 3.36. The standard InChI is InChI=1S/C14H11ClO4/c1-9(19-14(17)12-3-2-8-18-12)13(16)10-4-6-11(15)7-5-10/h2-9H,1H3. The predicted molar refractivity (Wildman–Crippen MR) is 69.4 cm³/mol. The van der Waals surface area contributed by atoms with E-state index < -0.39 is 12.1 Å². The van der Waals surface area contributed by atoms with E-state index in [-0.39, 0.29) is 11.5 Å². The van der Waals surface area contributed by atoms with Gasteiger partial charge in [0, 0.05) is 10.6 Å². The molecule has 0 aliphatic heterocycles. The fourth-order valence-corrected chi connectivity index (χ4v) is 1.64. The Morgan fingerprint density at radius 2 is 1.89 bits per heavy atom. The van der Waals surface area contributed by atoms with E-state index >= 15 is 0 Å². The molecular weight excluding hydrogens is 268 g/mol. The molecule has 2 aromatic rings. The number of hydrogen-bond donors (Lipinski definition) is 0. The van der Waals surface area contributed by atoms with Crippen molar-refractivity contribution < 1.29 is 18.7 Å². The van der Waals surface area contributed by atoms with Crippen LogP contribution in [0.3, 0.4) is 0 Å². The molecule has 0 radical (unpaired) electrons. The summed E-state index contributed by atoms with van der Waals surface area (Å²) in [5, 5.41) is 0.539. The molecule has 98 valence electrons. The molecule has 2 rings (SSSR count). The molecule has 0 bridgehead atoms. The largest absolute Gasteiger partial charge is 0.457 e. The maximum Gasteiger partial charge on any atom is 0.374 e. The van der Waals surface area contributed by atoms with E-state index in [2.05, 4.69) is 0 Å². The zero-order chi connectivity index (χ0) is 13.8. The highest BCUT2D eigenvalue weighted by Gasteiger charge is 2.21. The van der Waals surface area contributed by atoms with E-state index in [1.807, 2.05) is 0 Å². The summed E-state index contributed by atoms with van der Waals surface area (Å²) in [6, 6.07) is 9.43. The Bertz CT molecular complexity index is 572. The zero-order valence-electron chi connectivity index (χ0n) is 10.1. The van der Waals surface area contributed by atoms with Crippen LogP contribution in [-0.4, -0.2) is 17.9 Å². The lowest BCUT2D eigenvalue weighted by molar-refractivity contribution is 0.0289. The molecule has 4 nitrogen and oxygen atoms in total. The summed E-state index contributed by atoms with van der Waals surface area (Å²) < 4.78 is 9.92. The van der Waals surface area contributed by atoms with Gasteiger partial charge >= 0.3 is 5.97 Å². The molecule has 1 atom stereocenters. The first-order valence-corrected chi connectivity index (χ1v) is 6.00. The fourth-order valence-electron chi connectivity index (χ4n) is 1.52. The van der Waals surface area contributed by atoms with Gasteiger partial charge in [0.05, 0.1) is 6.26 Å². The lowest BCUT2D eigenvalue weighted by Gasteiger charge is -2.11. The van der Waals surface area contributed by atoms with E-state index in [0.717, 1.165) is 0 Å². The number of Topliss-reactive ketones (excluding diaryl/α,β-unsaturated/α-hetero) is 1. The van der Waals surface area contributed by atoms with Gasteiger partial charge in [0.25, 0.3) is 0 Å². The lowest BCUT2D eigenvalue weighted by atomic mass is 10.1. The Labute approximate surface area is 114 Å². The van der Waals surface area contributed by atoms with Crippen molar-refractivity contribution in [1.29, 1.82) is 0 Å². The number of ketones is 1. The summed E-state index contributed by atoms with van der Waals surface area (Å²) in [4.78, 5) is 23.6. The van der Waals surface area contributed by atoms with Crippen LogP contribution in [0, 0.1) is 0 Å². The number of ether oxygens (including phenoxy) is 1. The SMILES string of the molecule is CC(OC(=O)c1ccco1)C(=O)c1ccc(Cl)cc1. The Balaban J connectivity index is 2.03. The van der Waals surface area contributed by atoms with Crippen molar-refractivity contribution in [3.63, 3.8) is 0 Å². The van der Waals surface area contributed by atoms with Gasteiger partial charge in [-0.25, -0.2) is 4.79 Å². The Hall–Kier alpha value is -2.07. The van der Waals surface area contributed by atoms with Crippen LogP contribution in [-0.2, 0) is 4.74 Å². The molecule has 0 aliphatic carbocycles.